The lowest BCUT2D eigenvalue weighted by Gasteiger charge is -2.36. The van der Waals surface area contributed by atoms with E-state index in [2.05, 4.69) is 169 Å². The first-order chi connectivity index (χ1) is 40.9. The van der Waals surface area contributed by atoms with Crippen molar-refractivity contribution in [2.75, 3.05) is 26.4 Å². The Labute approximate surface area is 563 Å². The molecule has 3 aromatic carbocycles. The van der Waals surface area contributed by atoms with E-state index in [4.69, 9.17) is 42.4 Å². The first kappa shape index (κ1) is 87.6. The summed E-state index contributed by atoms with van der Waals surface area (Å²) in [6.45, 7) is 54.9. The number of esters is 2. The van der Waals surface area contributed by atoms with E-state index in [1.54, 1.807) is 30.3 Å². The molecule has 3 aromatic rings. The summed E-state index contributed by atoms with van der Waals surface area (Å²) < 4.78 is 49.0. The zero-order valence-corrected chi connectivity index (χ0v) is 64.0. The molecule has 3 N–H and O–H groups in total. The van der Waals surface area contributed by atoms with E-state index in [1.165, 1.54) is 0 Å². The van der Waals surface area contributed by atoms with Crippen LogP contribution in [0.3, 0.4) is 0 Å². The third-order valence-electron chi connectivity index (χ3n) is 16.7. The molecule has 92 heavy (non-hydrogen) atoms. The maximum absolute atomic E-state index is 13.0. The van der Waals surface area contributed by atoms with Crippen LogP contribution in [0.5, 0.6) is 0 Å². The maximum atomic E-state index is 13.0. The number of carbonyl (C=O) groups excluding carboxylic acids is 2. The number of hydrogen-bond donors (Lipinski definition) is 1. The second-order valence-corrected chi connectivity index (χ2v) is 51.4. The van der Waals surface area contributed by atoms with Crippen molar-refractivity contribution in [3.05, 3.63) is 141 Å². The lowest BCUT2D eigenvalue weighted by Crippen LogP contribution is -2.40. The second-order valence-electron chi connectivity index (χ2n) is 30.6. The molecular formula is C75H128O13Si4. The summed E-state index contributed by atoms with van der Waals surface area (Å²) in [5.74, 6) is -2.59. The van der Waals surface area contributed by atoms with Gasteiger partial charge >= 0.3 is 17.9 Å². The highest BCUT2D eigenvalue weighted by Crippen LogP contribution is 2.39. The number of benzene rings is 3. The predicted molar refractivity (Wildman–Crippen MR) is 397 cm³/mol. The second kappa shape index (κ2) is 38.4. The van der Waals surface area contributed by atoms with Crippen molar-refractivity contribution >= 4 is 62.8 Å². The van der Waals surface area contributed by atoms with Crippen LogP contribution in [0.4, 0.5) is 0 Å². The zero-order valence-electron chi connectivity index (χ0n) is 60.0. The lowest BCUT2D eigenvalue weighted by atomic mass is 9.97. The number of aryl methyl sites for hydroxylation is 4. The van der Waals surface area contributed by atoms with Gasteiger partial charge < -0.3 is 47.9 Å². The fraction of sp³-hybridized carbons (Fsp3) is 0.613. The third-order valence-corrected chi connectivity index (χ3v) is 29.2. The first-order valence-corrected chi connectivity index (χ1v) is 45.6. The first-order valence-electron chi connectivity index (χ1n) is 32.4. The number of carboxylic acid groups (broad SMARTS) is 1. The highest BCUT2D eigenvalue weighted by atomic mass is 28.4. The van der Waals surface area contributed by atoms with Gasteiger partial charge in [0, 0.05) is 29.4 Å². The summed E-state index contributed by atoms with van der Waals surface area (Å²) in [6.07, 6.45) is 21.7. The molecule has 2 aliphatic rings. The molecule has 0 aromatic heterocycles. The SMILES string of the molecule is C.C.Cc1cc(C)c(C(=O)OCC[Si](C)(C)C)c(/C=C/C[C@@H]2OC(C)(C)OC2C/C=C\CCO[Si](C)(C)C(C)(C)C)c1.Cc1cc(C)c(C(=O)OCC[Si](C)(C)C)c(/C=C/C[C@@H]2OC(C)(C)OC2C/C=C\CCO[Si](C)(C)C(C)(C)C)c1.O.O=C(O)c1ccccc1. The van der Waals surface area contributed by atoms with Crippen LogP contribution in [0.15, 0.2) is 91.1 Å². The monoisotopic (exact) mass is 1350 g/mol. The number of rotatable bonds is 27. The molecule has 0 radical (unpaired) electrons. The van der Waals surface area contributed by atoms with Crippen molar-refractivity contribution in [1.82, 2.24) is 0 Å². The molecule has 0 amide bonds. The summed E-state index contributed by atoms with van der Waals surface area (Å²) >= 11 is 0. The van der Waals surface area contributed by atoms with Crippen LogP contribution in [0.25, 0.3) is 12.2 Å². The molecule has 4 atom stereocenters. The lowest BCUT2D eigenvalue weighted by molar-refractivity contribution is -0.146. The Morgan fingerprint density at radius 2 is 0.815 bits per heavy atom. The quantitative estimate of drug-likeness (QED) is 0.0331. The van der Waals surface area contributed by atoms with E-state index in [1.807, 2.05) is 65.8 Å². The minimum atomic E-state index is -1.71. The minimum absolute atomic E-state index is 0. The van der Waals surface area contributed by atoms with Gasteiger partial charge in [0.25, 0.3) is 0 Å². The smallest absolute Gasteiger partial charge is 0.338 e. The largest absolute Gasteiger partial charge is 0.478 e. The van der Waals surface area contributed by atoms with Crippen LogP contribution < -0.4 is 0 Å². The molecule has 522 valence electrons. The molecule has 0 bridgehead atoms. The van der Waals surface area contributed by atoms with Gasteiger partial charge in [0.1, 0.15) is 0 Å². The molecule has 0 aliphatic carbocycles. The Morgan fingerprint density at radius 1 is 0.500 bits per heavy atom. The predicted octanol–water partition coefficient (Wildman–Crippen LogP) is 20.0. The van der Waals surface area contributed by atoms with Crippen LogP contribution in [0, 0.1) is 27.7 Å². The molecule has 2 aliphatic heterocycles. The molecule has 17 heteroatoms. The topological polar surface area (TPSA) is 177 Å². The summed E-state index contributed by atoms with van der Waals surface area (Å²) in [5, 5.41) is 8.84. The van der Waals surface area contributed by atoms with Gasteiger partial charge in [0.05, 0.1) is 54.3 Å². The third kappa shape index (κ3) is 31.4. The van der Waals surface area contributed by atoms with Gasteiger partial charge in [-0.15, -0.1) is 0 Å². The molecule has 2 unspecified atom stereocenters. The van der Waals surface area contributed by atoms with Crippen LogP contribution in [0.1, 0.15) is 187 Å². The zero-order chi connectivity index (χ0) is 67.4. The van der Waals surface area contributed by atoms with Crippen molar-refractivity contribution in [3.8, 4) is 0 Å². The maximum Gasteiger partial charge on any atom is 0.338 e. The van der Waals surface area contributed by atoms with Gasteiger partial charge in [-0.3, -0.25) is 0 Å². The molecule has 2 heterocycles. The van der Waals surface area contributed by atoms with Crippen LogP contribution in [0.2, 0.25) is 87.6 Å². The Hall–Kier alpha value is -4.38. The Balaban J connectivity index is 0.00000153. The summed E-state index contributed by atoms with van der Waals surface area (Å²) in [4.78, 5) is 36.3. The van der Waals surface area contributed by atoms with Gasteiger partial charge in [-0.05, 0) is 177 Å². The van der Waals surface area contributed by atoms with Crippen LogP contribution >= 0.6 is 0 Å². The average molecular weight is 1350 g/mol. The summed E-state index contributed by atoms with van der Waals surface area (Å²) in [5.41, 5.74) is 7.56. The van der Waals surface area contributed by atoms with Crippen molar-refractivity contribution in [2.45, 2.75) is 274 Å². The number of carbonyl (C=O) groups is 3. The Kier molecular flexibility index (Phi) is 36.6. The van der Waals surface area contributed by atoms with Crippen LogP contribution in [-0.4, -0.2) is 124 Å². The Morgan fingerprint density at radius 3 is 1.10 bits per heavy atom. The summed E-state index contributed by atoms with van der Waals surface area (Å²) in [7, 11) is -5.97. The van der Waals surface area contributed by atoms with E-state index in [-0.39, 0.29) is 66.8 Å². The molecule has 2 saturated heterocycles. The molecule has 5 rings (SSSR count). The van der Waals surface area contributed by atoms with Crippen LogP contribution in [-0.2, 0) is 37.3 Å². The summed E-state index contributed by atoms with van der Waals surface area (Å²) in [6, 6.07) is 18.4. The highest BCUT2D eigenvalue weighted by molar-refractivity contribution is 6.76. The van der Waals surface area contributed by atoms with Gasteiger partial charge in [-0.1, -0.05) is 198 Å². The normalized spacial score (nSPS) is 18.3. The average Bonchev–Trinajstić information content (AvgIpc) is 1.44. The van der Waals surface area contributed by atoms with Crippen molar-refractivity contribution in [1.29, 1.82) is 0 Å². The van der Waals surface area contributed by atoms with E-state index < -0.39 is 50.3 Å². The van der Waals surface area contributed by atoms with Crippen molar-refractivity contribution in [3.63, 3.8) is 0 Å². The van der Waals surface area contributed by atoms with E-state index in [9.17, 15) is 14.4 Å². The number of aromatic carboxylic acids is 1. The highest BCUT2D eigenvalue weighted by Gasteiger charge is 2.42. The van der Waals surface area contributed by atoms with E-state index in [0.29, 0.717) is 42.7 Å². The number of carboxylic acids is 1. The van der Waals surface area contributed by atoms with Gasteiger partial charge in [-0.25, -0.2) is 14.4 Å². The van der Waals surface area contributed by atoms with Gasteiger partial charge in [0.15, 0.2) is 28.2 Å². The van der Waals surface area contributed by atoms with E-state index >= 15 is 0 Å². The van der Waals surface area contributed by atoms with Crippen molar-refractivity contribution in [2.24, 2.45) is 0 Å². The van der Waals surface area contributed by atoms with Gasteiger partial charge in [-0.2, -0.15) is 0 Å². The van der Waals surface area contributed by atoms with E-state index in [0.717, 1.165) is 84.4 Å². The van der Waals surface area contributed by atoms with Crippen molar-refractivity contribution < 1.29 is 62.2 Å². The molecule has 0 saturated carbocycles. The fourth-order valence-corrected chi connectivity index (χ4v) is 13.2. The molecular weight excluding hydrogens is 1220 g/mol. The molecule has 2 fully saturated rings. The number of hydrogen-bond acceptors (Lipinski definition) is 11. The minimum Gasteiger partial charge on any atom is -0.478 e. The molecule has 0 spiro atoms. The van der Waals surface area contributed by atoms with Gasteiger partial charge in [0.2, 0.25) is 0 Å². The number of ether oxygens (including phenoxy) is 6. The Bertz CT molecular complexity index is 2680. The fourth-order valence-electron chi connectivity index (χ4n) is 9.62. The molecule has 13 nitrogen and oxygen atoms in total. The standard InChI is InChI=1S/2C33H56O5Si2.C7H6O2.2CH4.H2O/c2*1-25-23-26(2)30(31(34)35-21-22-39(8,9)10)27(24-25)17-16-19-29-28(37-33(6,7)38-29)18-14-13-15-20-36-40(11,12)32(3,4)5;8-7(9)6-4-2-1-3-5-6;;;/h2*13-14,16-17,23-24,28-29H,15,18-22H2,1-12H3;1-5H,(H,8,9);2*1H4;1H2/b2*14-13-,17-16+;;;;/t2*28?,29-;;;;/m00..../s1.